The first-order chi connectivity index (χ1) is 11.2. The number of thiocarbonyl (C=S) groups is 1. The molecule has 2 aromatic rings. The van der Waals surface area contributed by atoms with Gasteiger partial charge in [-0.3, -0.25) is 4.79 Å². The largest absolute Gasteiger partial charge is 0.493 e. The molecule has 1 fully saturated rings. The van der Waals surface area contributed by atoms with E-state index in [0.717, 1.165) is 34.9 Å². The molecule has 3 nitrogen and oxygen atoms in total. The number of unbranched alkanes of at least 4 members (excludes halogenated alkanes) is 1. The molecule has 0 bridgehead atoms. The summed E-state index contributed by atoms with van der Waals surface area (Å²) in [4.78, 5) is 12.6. The van der Waals surface area contributed by atoms with Gasteiger partial charge < -0.3 is 10.1 Å². The minimum atomic E-state index is -0.146. The van der Waals surface area contributed by atoms with E-state index in [-0.39, 0.29) is 5.91 Å². The molecular weight excluding hydrogens is 326 g/mol. The molecule has 118 valence electrons. The number of benzene rings is 2. The smallest absolute Gasteiger partial charge is 0.263 e. The van der Waals surface area contributed by atoms with Crippen LogP contribution in [0.1, 0.15) is 25.3 Å². The third kappa shape index (κ3) is 3.57. The van der Waals surface area contributed by atoms with Gasteiger partial charge in [0.2, 0.25) is 0 Å². The molecule has 0 aromatic heterocycles. The number of amides is 1. The van der Waals surface area contributed by atoms with E-state index in [1.54, 1.807) is 0 Å². The van der Waals surface area contributed by atoms with Gasteiger partial charge in [0.05, 0.1) is 11.5 Å². The van der Waals surface area contributed by atoms with Gasteiger partial charge in [0.15, 0.2) is 0 Å². The van der Waals surface area contributed by atoms with Crippen molar-refractivity contribution in [3.05, 3.63) is 46.9 Å². The van der Waals surface area contributed by atoms with Gasteiger partial charge >= 0.3 is 0 Å². The summed E-state index contributed by atoms with van der Waals surface area (Å²) in [5.41, 5.74) is 0.932. The third-order valence-corrected chi connectivity index (χ3v) is 4.77. The third-order valence-electron chi connectivity index (χ3n) is 3.60. The summed E-state index contributed by atoms with van der Waals surface area (Å²) in [7, 11) is 0. The number of carbonyl (C=O) groups excluding carboxylic acids is 1. The van der Waals surface area contributed by atoms with Crippen LogP contribution in [0.3, 0.4) is 0 Å². The van der Waals surface area contributed by atoms with E-state index in [2.05, 4.69) is 18.3 Å². The monoisotopic (exact) mass is 343 g/mol. The lowest BCUT2D eigenvalue weighted by molar-refractivity contribution is -0.115. The second-order valence-electron chi connectivity index (χ2n) is 5.25. The number of hydrogen-bond donors (Lipinski definition) is 1. The summed E-state index contributed by atoms with van der Waals surface area (Å²) < 4.78 is 6.43. The summed E-state index contributed by atoms with van der Waals surface area (Å²) in [5, 5.41) is 4.84. The first-order valence-electron chi connectivity index (χ1n) is 7.58. The molecule has 1 N–H and O–H groups in total. The number of thioether (sulfide) groups is 1. The lowest BCUT2D eigenvalue weighted by atomic mass is 10.0. The standard InChI is InChI=1S/C18H17NO2S2/c1-2-3-10-21-15-9-8-12-6-4-5-7-13(12)14(15)11-16-17(20)19-18(22)23-16/h4-9,11H,2-3,10H2,1H3,(H,19,20,22). The Morgan fingerprint density at radius 2 is 2.09 bits per heavy atom. The van der Waals surface area contributed by atoms with E-state index < -0.39 is 0 Å². The fourth-order valence-electron chi connectivity index (χ4n) is 2.43. The molecule has 5 heteroatoms. The predicted octanol–water partition coefficient (Wildman–Crippen LogP) is 4.51. The second-order valence-corrected chi connectivity index (χ2v) is 6.97. The van der Waals surface area contributed by atoms with Crippen LogP contribution in [0.25, 0.3) is 16.8 Å². The van der Waals surface area contributed by atoms with Crippen LogP contribution in [-0.2, 0) is 4.79 Å². The molecule has 2 aromatic carbocycles. The minimum Gasteiger partial charge on any atom is -0.493 e. The summed E-state index contributed by atoms with van der Waals surface area (Å²) in [5.74, 6) is 0.656. The van der Waals surface area contributed by atoms with Crippen molar-refractivity contribution < 1.29 is 9.53 Å². The van der Waals surface area contributed by atoms with Crippen molar-refractivity contribution in [1.82, 2.24) is 5.32 Å². The Kier molecular flexibility index (Phi) is 4.98. The SMILES string of the molecule is CCCCOc1ccc2ccccc2c1C=C1SC(=S)NC1=O. The Hall–Kier alpha value is -1.85. The number of carbonyl (C=O) groups is 1. The maximum Gasteiger partial charge on any atom is 0.263 e. The highest BCUT2D eigenvalue weighted by atomic mass is 32.2. The molecule has 1 amide bonds. The quantitative estimate of drug-likeness (QED) is 0.492. The fraction of sp³-hybridized carbons (Fsp3) is 0.222. The van der Waals surface area contributed by atoms with Crippen LogP contribution in [0.5, 0.6) is 5.75 Å². The molecule has 0 atom stereocenters. The zero-order valence-corrected chi connectivity index (χ0v) is 14.4. The van der Waals surface area contributed by atoms with Crippen molar-refractivity contribution in [2.75, 3.05) is 6.61 Å². The highest BCUT2D eigenvalue weighted by Crippen LogP contribution is 2.34. The van der Waals surface area contributed by atoms with Gasteiger partial charge in [-0.2, -0.15) is 0 Å². The lowest BCUT2D eigenvalue weighted by Gasteiger charge is -2.12. The maximum absolute atomic E-state index is 12.0. The van der Waals surface area contributed by atoms with E-state index in [4.69, 9.17) is 17.0 Å². The Morgan fingerprint density at radius 3 is 2.83 bits per heavy atom. The summed E-state index contributed by atoms with van der Waals surface area (Å²) in [6.45, 7) is 2.80. The Labute approximate surface area is 145 Å². The van der Waals surface area contributed by atoms with Gasteiger partial charge in [-0.25, -0.2) is 0 Å². The lowest BCUT2D eigenvalue weighted by Crippen LogP contribution is -2.17. The molecule has 1 aliphatic heterocycles. The molecule has 0 saturated carbocycles. The van der Waals surface area contributed by atoms with Crippen molar-refractivity contribution in [3.63, 3.8) is 0 Å². The molecule has 1 saturated heterocycles. The summed E-state index contributed by atoms with van der Waals surface area (Å²) in [6, 6.07) is 12.1. The Bertz CT molecular complexity index is 799. The van der Waals surface area contributed by atoms with Gasteiger partial charge in [0.1, 0.15) is 10.1 Å². The molecule has 3 rings (SSSR count). The topological polar surface area (TPSA) is 38.3 Å². The van der Waals surface area contributed by atoms with Gasteiger partial charge in [0, 0.05) is 5.56 Å². The number of ether oxygens (including phenoxy) is 1. The maximum atomic E-state index is 12.0. The zero-order valence-electron chi connectivity index (χ0n) is 12.8. The predicted molar refractivity (Wildman–Crippen MR) is 101 cm³/mol. The van der Waals surface area contributed by atoms with E-state index >= 15 is 0 Å². The molecule has 23 heavy (non-hydrogen) atoms. The van der Waals surface area contributed by atoms with Crippen molar-refractivity contribution in [3.8, 4) is 5.75 Å². The molecule has 0 spiro atoms. The summed E-state index contributed by atoms with van der Waals surface area (Å²) in [6.07, 6.45) is 3.96. The number of fused-ring (bicyclic) bond motifs is 1. The fourth-order valence-corrected chi connectivity index (χ4v) is 3.45. The normalized spacial score (nSPS) is 16.1. The summed E-state index contributed by atoms with van der Waals surface area (Å²) >= 11 is 6.35. The highest BCUT2D eigenvalue weighted by Gasteiger charge is 2.23. The van der Waals surface area contributed by atoms with Crippen molar-refractivity contribution in [2.45, 2.75) is 19.8 Å². The molecule has 0 unspecified atom stereocenters. The molecule has 1 heterocycles. The average Bonchev–Trinajstić information content (AvgIpc) is 2.87. The molecule has 0 radical (unpaired) electrons. The first-order valence-corrected chi connectivity index (χ1v) is 8.81. The van der Waals surface area contributed by atoms with Crippen LogP contribution < -0.4 is 10.1 Å². The second kappa shape index (κ2) is 7.15. The Morgan fingerprint density at radius 1 is 1.26 bits per heavy atom. The van der Waals surface area contributed by atoms with Gasteiger partial charge in [-0.05, 0) is 29.3 Å². The highest BCUT2D eigenvalue weighted by molar-refractivity contribution is 8.26. The molecular formula is C18H17NO2S2. The molecule has 0 aliphatic carbocycles. The number of hydrogen-bond acceptors (Lipinski definition) is 4. The van der Waals surface area contributed by atoms with Crippen LogP contribution in [-0.4, -0.2) is 16.8 Å². The first kappa shape index (κ1) is 16.0. The minimum absolute atomic E-state index is 0.146. The van der Waals surface area contributed by atoms with Gasteiger partial charge in [-0.15, -0.1) is 0 Å². The van der Waals surface area contributed by atoms with Crippen molar-refractivity contribution >= 4 is 51.1 Å². The number of nitrogens with one attached hydrogen (secondary N) is 1. The Balaban J connectivity index is 2.07. The van der Waals surface area contributed by atoms with E-state index in [1.807, 2.05) is 36.4 Å². The van der Waals surface area contributed by atoms with Crippen molar-refractivity contribution in [1.29, 1.82) is 0 Å². The van der Waals surface area contributed by atoms with Crippen molar-refractivity contribution in [2.24, 2.45) is 0 Å². The van der Waals surface area contributed by atoms with E-state index in [1.165, 1.54) is 11.8 Å². The van der Waals surface area contributed by atoms with Crippen LogP contribution in [0, 0.1) is 0 Å². The van der Waals surface area contributed by atoms with Crippen LogP contribution in [0.15, 0.2) is 41.3 Å². The van der Waals surface area contributed by atoms with E-state index in [9.17, 15) is 4.79 Å². The molecule has 1 aliphatic rings. The van der Waals surface area contributed by atoms with Gasteiger partial charge in [-0.1, -0.05) is 67.7 Å². The van der Waals surface area contributed by atoms with Gasteiger partial charge in [0.25, 0.3) is 5.91 Å². The zero-order chi connectivity index (χ0) is 16.2. The van der Waals surface area contributed by atoms with Crippen LogP contribution in [0.2, 0.25) is 0 Å². The average molecular weight is 343 g/mol. The van der Waals surface area contributed by atoms with Crippen LogP contribution in [0.4, 0.5) is 0 Å². The van der Waals surface area contributed by atoms with Crippen LogP contribution >= 0.6 is 24.0 Å². The number of rotatable bonds is 5. The van der Waals surface area contributed by atoms with E-state index in [0.29, 0.717) is 15.8 Å².